The third-order valence-electron chi connectivity index (χ3n) is 4.47. The predicted molar refractivity (Wildman–Crippen MR) is 92.2 cm³/mol. The average molecular weight is 332 g/mol. The second kappa shape index (κ2) is 6.99. The van der Waals surface area contributed by atoms with Crippen LogP contribution in [0.25, 0.3) is 0 Å². The van der Waals surface area contributed by atoms with Crippen LogP contribution in [-0.2, 0) is 4.74 Å². The van der Waals surface area contributed by atoms with Gasteiger partial charge in [0.05, 0.1) is 6.61 Å². The molecule has 3 rings (SSSR count). The van der Waals surface area contributed by atoms with E-state index in [-0.39, 0.29) is 6.09 Å². The minimum atomic E-state index is -0.442. The van der Waals surface area contributed by atoms with E-state index in [1.54, 1.807) is 4.90 Å². The van der Waals surface area contributed by atoms with Gasteiger partial charge in [0.25, 0.3) is 0 Å². The van der Waals surface area contributed by atoms with Crippen molar-refractivity contribution in [3.8, 4) is 5.88 Å². The molecule has 1 aromatic rings. The Morgan fingerprint density at radius 1 is 1.21 bits per heavy atom. The first-order valence-corrected chi connectivity index (χ1v) is 8.98. The number of ether oxygens (including phenoxy) is 2. The molecule has 1 aliphatic carbocycles. The van der Waals surface area contributed by atoms with Gasteiger partial charge in [-0.25, -0.2) is 9.78 Å². The molecule has 24 heavy (non-hydrogen) atoms. The zero-order valence-electron chi connectivity index (χ0n) is 15.0. The number of amides is 1. The van der Waals surface area contributed by atoms with Gasteiger partial charge in [-0.15, -0.1) is 0 Å². The van der Waals surface area contributed by atoms with E-state index >= 15 is 0 Å². The lowest BCUT2D eigenvalue weighted by Crippen LogP contribution is -2.41. The van der Waals surface area contributed by atoms with Crippen LogP contribution in [0.4, 0.5) is 4.79 Å². The van der Waals surface area contributed by atoms with Gasteiger partial charge in [0.15, 0.2) is 0 Å². The van der Waals surface area contributed by atoms with Gasteiger partial charge in [0.2, 0.25) is 5.88 Å². The topological polar surface area (TPSA) is 51.7 Å². The van der Waals surface area contributed by atoms with Crippen molar-refractivity contribution in [2.45, 2.75) is 58.0 Å². The summed E-state index contributed by atoms with van der Waals surface area (Å²) < 4.78 is 11.2. The molecule has 5 heteroatoms. The smallest absolute Gasteiger partial charge is 0.410 e. The summed E-state index contributed by atoms with van der Waals surface area (Å²) in [6.45, 7) is 7.91. The summed E-state index contributed by atoms with van der Waals surface area (Å²) >= 11 is 0. The van der Waals surface area contributed by atoms with Crippen molar-refractivity contribution in [2.24, 2.45) is 5.92 Å². The molecule has 2 aliphatic rings. The first-order valence-electron chi connectivity index (χ1n) is 8.98. The molecule has 1 aromatic heterocycles. The number of hydrogen-bond donors (Lipinski definition) is 0. The summed E-state index contributed by atoms with van der Waals surface area (Å²) in [6.07, 6.45) is 4.18. The zero-order valence-corrected chi connectivity index (χ0v) is 15.0. The molecule has 132 valence electrons. The number of nitrogens with zero attached hydrogens (tertiary/aromatic N) is 2. The zero-order chi connectivity index (χ0) is 17.2. The highest BCUT2D eigenvalue weighted by Gasteiger charge is 2.28. The maximum atomic E-state index is 12.1. The monoisotopic (exact) mass is 332 g/mol. The van der Waals surface area contributed by atoms with Gasteiger partial charge in [-0.3, -0.25) is 0 Å². The predicted octanol–water partition coefficient (Wildman–Crippen LogP) is 3.98. The highest BCUT2D eigenvalue weighted by molar-refractivity contribution is 5.68. The lowest BCUT2D eigenvalue weighted by molar-refractivity contribution is 0.0204. The number of carbonyl (C=O) groups excluding carboxylic acids is 1. The Labute approximate surface area is 144 Å². The van der Waals surface area contributed by atoms with Gasteiger partial charge in [0, 0.05) is 30.8 Å². The van der Waals surface area contributed by atoms with Gasteiger partial charge in [-0.2, -0.15) is 0 Å². The van der Waals surface area contributed by atoms with Crippen molar-refractivity contribution in [2.75, 3.05) is 19.7 Å². The van der Waals surface area contributed by atoms with Crippen LogP contribution in [0.1, 0.15) is 58.1 Å². The summed E-state index contributed by atoms with van der Waals surface area (Å²) in [5.41, 5.74) is 0.634. The molecule has 2 fully saturated rings. The second-order valence-corrected chi connectivity index (χ2v) is 7.90. The molecule has 0 aromatic carbocycles. The summed E-state index contributed by atoms with van der Waals surface area (Å²) in [6, 6.07) is 6.02. The minimum Gasteiger partial charge on any atom is -0.477 e. The molecule has 0 spiro atoms. The maximum Gasteiger partial charge on any atom is 0.410 e. The summed E-state index contributed by atoms with van der Waals surface area (Å²) in [4.78, 5) is 18.6. The van der Waals surface area contributed by atoms with Crippen LogP contribution in [0.15, 0.2) is 18.2 Å². The third-order valence-corrected chi connectivity index (χ3v) is 4.47. The molecule has 1 amide bonds. The van der Waals surface area contributed by atoms with Crippen LogP contribution in [0.2, 0.25) is 0 Å². The number of carbonyl (C=O) groups is 1. The lowest BCUT2D eigenvalue weighted by Gasteiger charge is -2.33. The van der Waals surface area contributed by atoms with Gasteiger partial charge in [-0.05, 0) is 58.4 Å². The average Bonchev–Trinajstić information content (AvgIpc) is 3.36. The number of pyridine rings is 1. The minimum absolute atomic E-state index is 0.213. The fourth-order valence-corrected chi connectivity index (χ4v) is 2.91. The molecule has 0 atom stereocenters. The molecule has 1 aliphatic heterocycles. The Kier molecular flexibility index (Phi) is 4.97. The molecule has 2 heterocycles. The molecular formula is C19H28N2O3. The number of piperidine rings is 1. The van der Waals surface area contributed by atoms with E-state index in [0.29, 0.717) is 19.0 Å². The molecular weight excluding hydrogens is 304 g/mol. The quantitative estimate of drug-likeness (QED) is 0.837. The first kappa shape index (κ1) is 17.1. The Morgan fingerprint density at radius 2 is 1.92 bits per heavy atom. The molecule has 1 saturated carbocycles. The lowest BCUT2D eigenvalue weighted by atomic mass is 9.93. The van der Waals surface area contributed by atoms with Gasteiger partial charge in [0.1, 0.15) is 5.60 Å². The van der Waals surface area contributed by atoms with E-state index in [1.807, 2.05) is 32.9 Å². The summed E-state index contributed by atoms with van der Waals surface area (Å²) in [5, 5.41) is 0. The number of rotatable bonds is 4. The molecule has 0 bridgehead atoms. The van der Waals surface area contributed by atoms with E-state index in [9.17, 15) is 4.79 Å². The van der Waals surface area contributed by atoms with Gasteiger partial charge in [-0.1, -0.05) is 6.07 Å². The van der Waals surface area contributed by atoms with Gasteiger partial charge < -0.3 is 14.4 Å². The van der Waals surface area contributed by atoms with E-state index in [4.69, 9.17) is 9.47 Å². The fraction of sp³-hybridized carbons (Fsp3) is 0.684. The Hall–Kier alpha value is -1.78. The summed E-state index contributed by atoms with van der Waals surface area (Å²) in [5.74, 6) is 1.84. The van der Waals surface area contributed by atoms with Crippen molar-refractivity contribution in [3.05, 3.63) is 23.9 Å². The Bertz CT molecular complexity index is 570. The SMILES string of the molecule is CC(C)(C)OC(=O)N1CCC(c2cccc(OCC3CC3)n2)CC1. The van der Waals surface area contributed by atoms with Crippen molar-refractivity contribution < 1.29 is 14.3 Å². The van der Waals surface area contributed by atoms with E-state index < -0.39 is 5.60 Å². The highest BCUT2D eigenvalue weighted by Crippen LogP contribution is 2.31. The first-order chi connectivity index (χ1) is 11.4. The van der Waals surface area contributed by atoms with Crippen molar-refractivity contribution in [3.63, 3.8) is 0 Å². The Balaban J connectivity index is 1.52. The molecule has 1 saturated heterocycles. The van der Waals surface area contributed by atoms with Crippen LogP contribution in [0, 0.1) is 5.92 Å². The molecule has 5 nitrogen and oxygen atoms in total. The third kappa shape index (κ3) is 4.86. The molecule has 0 unspecified atom stereocenters. The van der Waals surface area contributed by atoms with E-state index in [1.165, 1.54) is 12.8 Å². The van der Waals surface area contributed by atoms with Crippen molar-refractivity contribution >= 4 is 6.09 Å². The standard InChI is InChI=1S/C19H28N2O3/c1-19(2,3)24-18(22)21-11-9-15(10-12-21)16-5-4-6-17(20-16)23-13-14-7-8-14/h4-6,14-15H,7-13H2,1-3H3. The van der Waals surface area contributed by atoms with Crippen LogP contribution in [0.3, 0.4) is 0 Å². The van der Waals surface area contributed by atoms with Crippen molar-refractivity contribution in [1.29, 1.82) is 0 Å². The highest BCUT2D eigenvalue weighted by atomic mass is 16.6. The van der Waals surface area contributed by atoms with Crippen LogP contribution in [-0.4, -0.2) is 41.3 Å². The van der Waals surface area contributed by atoms with E-state index in [0.717, 1.165) is 36.9 Å². The second-order valence-electron chi connectivity index (χ2n) is 7.90. The fourth-order valence-electron chi connectivity index (χ4n) is 2.91. The van der Waals surface area contributed by atoms with Crippen LogP contribution >= 0.6 is 0 Å². The van der Waals surface area contributed by atoms with Crippen LogP contribution in [0.5, 0.6) is 5.88 Å². The largest absolute Gasteiger partial charge is 0.477 e. The molecule has 0 N–H and O–H groups in total. The van der Waals surface area contributed by atoms with Crippen LogP contribution < -0.4 is 4.74 Å². The number of likely N-dealkylation sites (tertiary alicyclic amines) is 1. The van der Waals surface area contributed by atoms with Crippen molar-refractivity contribution in [1.82, 2.24) is 9.88 Å². The number of hydrogen-bond acceptors (Lipinski definition) is 4. The summed E-state index contributed by atoms with van der Waals surface area (Å²) in [7, 11) is 0. The Morgan fingerprint density at radius 3 is 2.54 bits per heavy atom. The van der Waals surface area contributed by atoms with E-state index in [2.05, 4.69) is 11.1 Å². The number of aromatic nitrogens is 1. The molecule has 0 radical (unpaired) electrons. The normalized spacial score (nSPS) is 19.2. The maximum absolute atomic E-state index is 12.1. The van der Waals surface area contributed by atoms with Gasteiger partial charge >= 0.3 is 6.09 Å².